The molecule has 0 bridgehead atoms. The summed E-state index contributed by atoms with van der Waals surface area (Å²) in [6.07, 6.45) is 2.36. The average Bonchev–Trinajstić information content (AvgIpc) is 3.16. The summed E-state index contributed by atoms with van der Waals surface area (Å²) < 4.78 is 10.5. The normalized spacial score (nSPS) is 15.3. The minimum atomic E-state index is -0.807. The lowest BCUT2D eigenvalue weighted by Gasteiger charge is -2.27. The van der Waals surface area contributed by atoms with Gasteiger partial charge < -0.3 is 25.0 Å². The van der Waals surface area contributed by atoms with E-state index in [1.54, 1.807) is 41.3 Å². The van der Waals surface area contributed by atoms with Gasteiger partial charge in [-0.2, -0.15) is 0 Å². The zero-order valence-corrected chi connectivity index (χ0v) is 15.1. The lowest BCUT2D eigenvalue weighted by atomic mass is 10.1. The van der Waals surface area contributed by atoms with Gasteiger partial charge in [-0.25, -0.2) is 0 Å². The van der Waals surface area contributed by atoms with Crippen molar-refractivity contribution in [3.63, 3.8) is 0 Å². The van der Waals surface area contributed by atoms with E-state index in [0.29, 0.717) is 41.5 Å². The molecule has 2 aromatic rings. The van der Waals surface area contributed by atoms with Crippen molar-refractivity contribution in [2.75, 3.05) is 28.9 Å². The molecule has 4 rings (SSSR count). The van der Waals surface area contributed by atoms with Crippen LogP contribution >= 0.6 is 0 Å². The maximum atomic E-state index is 12.2. The number of piperidine rings is 1. The first-order chi connectivity index (χ1) is 13.6. The van der Waals surface area contributed by atoms with Gasteiger partial charge in [0.1, 0.15) is 0 Å². The fourth-order valence-electron chi connectivity index (χ4n) is 3.18. The second-order valence-electron chi connectivity index (χ2n) is 6.53. The molecule has 2 heterocycles. The van der Waals surface area contributed by atoms with Crippen LogP contribution in [-0.2, 0) is 14.4 Å². The summed E-state index contributed by atoms with van der Waals surface area (Å²) in [5.74, 6) is -0.447. The van der Waals surface area contributed by atoms with E-state index >= 15 is 0 Å². The largest absolute Gasteiger partial charge is 0.454 e. The van der Waals surface area contributed by atoms with Gasteiger partial charge >= 0.3 is 11.8 Å². The van der Waals surface area contributed by atoms with E-state index in [2.05, 4.69) is 10.6 Å². The molecule has 0 aliphatic carbocycles. The van der Waals surface area contributed by atoms with E-state index in [4.69, 9.17) is 9.47 Å². The second-order valence-corrected chi connectivity index (χ2v) is 6.53. The molecule has 0 aromatic heterocycles. The van der Waals surface area contributed by atoms with E-state index in [9.17, 15) is 14.4 Å². The van der Waals surface area contributed by atoms with Gasteiger partial charge in [0.15, 0.2) is 11.5 Å². The molecule has 3 amide bonds. The minimum Gasteiger partial charge on any atom is -0.454 e. The Bertz CT molecular complexity index is 943. The van der Waals surface area contributed by atoms with E-state index < -0.39 is 11.8 Å². The van der Waals surface area contributed by atoms with Gasteiger partial charge in [0.25, 0.3) is 0 Å². The van der Waals surface area contributed by atoms with Crippen molar-refractivity contribution >= 4 is 34.8 Å². The van der Waals surface area contributed by atoms with Gasteiger partial charge in [-0.05, 0) is 43.2 Å². The number of nitrogens with one attached hydrogen (secondary N) is 2. The summed E-state index contributed by atoms with van der Waals surface area (Å²) in [5.41, 5.74) is 1.58. The number of hydrogen-bond acceptors (Lipinski definition) is 5. The Kier molecular flexibility index (Phi) is 4.84. The number of carbonyl (C=O) groups excluding carboxylic acids is 3. The maximum Gasteiger partial charge on any atom is 0.314 e. The third-order valence-electron chi connectivity index (χ3n) is 4.58. The molecule has 2 N–H and O–H groups in total. The summed E-state index contributed by atoms with van der Waals surface area (Å²) in [5, 5.41) is 5.09. The SMILES string of the molecule is O=C(Nc1cccc(N2CCCCC2=O)c1)C(=O)Nc1ccc2c(c1)OCO2. The predicted molar refractivity (Wildman–Crippen MR) is 102 cm³/mol. The number of rotatable bonds is 3. The second kappa shape index (κ2) is 7.59. The van der Waals surface area contributed by atoms with Gasteiger partial charge in [-0.15, -0.1) is 0 Å². The number of hydrogen-bond donors (Lipinski definition) is 2. The summed E-state index contributed by atoms with van der Waals surface area (Å²) in [6, 6.07) is 11.8. The molecule has 0 saturated carbocycles. The Morgan fingerprint density at radius 1 is 0.893 bits per heavy atom. The first-order valence-electron chi connectivity index (χ1n) is 9.02. The Morgan fingerprint density at radius 2 is 1.64 bits per heavy atom. The highest BCUT2D eigenvalue weighted by molar-refractivity contribution is 6.43. The number of anilines is 3. The van der Waals surface area contributed by atoms with Crippen molar-refractivity contribution in [2.24, 2.45) is 0 Å². The van der Waals surface area contributed by atoms with Crippen molar-refractivity contribution in [2.45, 2.75) is 19.3 Å². The third kappa shape index (κ3) is 3.75. The fourth-order valence-corrected chi connectivity index (χ4v) is 3.18. The molecule has 2 aliphatic heterocycles. The third-order valence-corrected chi connectivity index (χ3v) is 4.58. The van der Waals surface area contributed by atoms with Crippen LogP contribution in [0.15, 0.2) is 42.5 Å². The number of nitrogens with zero attached hydrogens (tertiary/aromatic N) is 1. The summed E-state index contributed by atoms with van der Waals surface area (Å²) in [6.45, 7) is 0.782. The molecule has 8 nitrogen and oxygen atoms in total. The molecular formula is C20H19N3O5. The van der Waals surface area contributed by atoms with Gasteiger partial charge in [0.05, 0.1) is 0 Å². The first kappa shape index (κ1) is 17.8. The Labute approximate surface area is 161 Å². The molecule has 144 valence electrons. The van der Waals surface area contributed by atoms with Gasteiger partial charge in [-0.3, -0.25) is 14.4 Å². The van der Waals surface area contributed by atoms with E-state index in [-0.39, 0.29) is 12.7 Å². The molecule has 2 aliphatic rings. The van der Waals surface area contributed by atoms with Crippen LogP contribution in [0, 0.1) is 0 Å². The molecular weight excluding hydrogens is 362 g/mol. The van der Waals surface area contributed by atoms with Crippen LogP contribution in [0.25, 0.3) is 0 Å². The standard InChI is InChI=1S/C20H19N3O5/c24-18-6-1-2-9-23(18)15-5-3-4-13(10-15)21-19(25)20(26)22-14-7-8-16-17(11-14)28-12-27-16/h3-5,7-8,10-11H,1-2,6,9,12H2,(H,21,25)(H,22,26). The Hall–Kier alpha value is -3.55. The van der Waals surface area contributed by atoms with Crippen molar-refractivity contribution in [3.05, 3.63) is 42.5 Å². The van der Waals surface area contributed by atoms with Crippen LogP contribution in [0.4, 0.5) is 17.1 Å². The zero-order valence-electron chi connectivity index (χ0n) is 15.1. The van der Waals surface area contributed by atoms with Crippen molar-refractivity contribution < 1.29 is 23.9 Å². The van der Waals surface area contributed by atoms with Crippen LogP contribution in [0.5, 0.6) is 11.5 Å². The number of fused-ring (bicyclic) bond motifs is 1. The first-order valence-corrected chi connectivity index (χ1v) is 9.02. The van der Waals surface area contributed by atoms with E-state index in [1.165, 1.54) is 0 Å². The Morgan fingerprint density at radius 3 is 2.43 bits per heavy atom. The number of amides is 3. The van der Waals surface area contributed by atoms with Crippen molar-refractivity contribution in [1.29, 1.82) is 0 Å². The molecule has 8 heteroatoms. The van der Waals surface area contributed by atoms with Crippen LogP contribution in [0.2, 0.25) is 0 Å². The van der Waals surface area contributed by atoms with Crippen LogP contribution in [0.3, 0.4) is 0 Å². The predicted octanol–water partition coefficient (Wildman–Crippen LogP) is 2.51. The highest BCUT2D eigenvalue weighted by Crippen LogP contribution is 2.34. The highest BCUT2D eigenvalue weighted by atomic mass is 16.7. The number of ether oxygens (including phenoxy) is 2. The molecule has 0 atom stereocenters. The molecule has 28 heavy (non-hydrogen) atoms. The van der Waals surface area contributed by atoms with Crippen LogP contribution < -0.4 is 25.0 Å². The summed E-state index contributed by atoms with van der Waals surface area (Å²) >= 11 is 0. The van der Waals surface area contributed by atoms with Crippen LogP contribution in [0.1, 0.15) is 19.3 Å². The van der Waals surface area contributed by atoms with E-state index in [0.717, 1.165) is 12.8 Å². The number of benzene rings is 2. The zero-order chi connectivity index (χ0) is 19.5. The molecule has 0 spiro atoms. The highest BCUT2D eigenvalue weighted by Gasteiger charge is 2.21. The molecule has 0 radical (unpaired) electrons. The molecule has 1 fully saturated rings. The quantitative estimate of drug-likeness (QED) is 0.797. The van der Waals surface area contributed by atoms with E-state index in [1.807, 2.05) is 6.07 Å². The van der Waals surface area contributed by atoms with Crippen LogP contribution in [-0.4, -0.2) is 31.1 Å². The fraction of sp³-hybridized carbons (Fsp3) is 0.250. The lowest BCUT2D eigenvalue weighted by Crippen LogP contribution is -2.35. The van der Waals surface area contributed by atoms with Gasteiger partial charge in [0, 0.05) is 36.1 Å². The van der Waals surface area contributed by atoms with Gasteiger partial charge in [-0.1, -0.05) is 6.07 Å². The smallest absolute Gasteiger partial charge is 0.314 e. The maximum absolute atomic E-state index is 12.2. The lowest BCUT2D eigenvalue weighted by molar-refractivity contribution is -0.132. The summed E-state index contributed by atoms with van der Waals surface area (Å²) in [4.78, 5) is 38.2. The minimum absolute atomic E-state index is 0.0651. The topological polar surface area (TPSA) is 97.0 Å². The Balaban J connectivity index is 1.41. The van der Waals surface area contributed by atoms with Gasteiger partial charge in [0.2, 0.25) is 12.7 Å². The monoisotopic (exact) mass is 381 g/mol. The molecule has 0 unspecified atom stereocenters. The number of carbonyl (C=O) groups is 3. The van der Waals surface area contributed by atoms with Crippen molar-refractivity contribution in [1.82, 2.24) is 0 Å². The average molecular weight is 381 g/mol. The molecule has 2 aromatic carbocycles. The molecule has 1 saturated heterocycles. The summed E-state index contributed by atoms with van der Waals surface area (Å²) in [7, 11) is 0. The van der Waals surface area contributed by atoms with Crippen molar-refractivity contribution in [3.8, 4) is 11.5 Å².